The van der Waals surface area contributed by atoms with E-state index in [0.29, 0.717) is 17.1 Å². The third kappa shape index (κ3) is 5.49. The summed E-state index contributed by atoms with van der Waals surface area (Å²) >= 11 is 5.97. The van der Waals surface area contributed by atoms with Gasteiger partial charge in [-0.1, -0.05) is 23.7 Å². The van der Waals surface area contributed by atoms with Gasteiger partial charge in [-0.2, -0.15) is 0 Å². The first kappa shape index (κ1) is 17.7. The SMILES string of the molecule is CC(NC(=O)c1ccccc1Cl)C(=O)NCCN1CCOCC1. The average Bonchev–Trinajstić information content (AvgIpc) is 2.56. The molecule has 2 amide bonds. The van der Waals surface area contributed by atoms with Gasteiger partial charge in [0.2, 0.25) is 5.91 Å². The van der Waals surface area contributed by atoms with Crippen LogP contribution in [0.3, 0.4) is 0 Å². The lowest BCUT2D eigenvalue weighted by Crippen LogP contribution is -2.47. The van der Waals surface area contributed by atoms with E-state index in [-0.39, 0.29) is 11.8 Å². The van der Waals surface area contributed by atoms with Gasteiger partial charge in [0, 0.05) is 26.2 Å². The maximum atomic E-state index is 12.1. The minimum Gasteiger partial charge on any atom is -0.379 e. The second kappa shape index (κ2) is 8.86. The molecule has 0 spiro atoms. The quantitative estimate of drug-likeness (QED) is 0.808. The Bertz CT molecular complexity index is 547. The molecule has 1 unspecified atom stereocenters. The van der Waals surface area contributed by atoms with Gasteiger partial charge in [0.15, 0.2) is 0 Å². The van der Waals surface area contributed by atoms with Gasteiger partial charge in [-0.3, -0.25) is 14.5 Å². The molecule has 2 rings (SSSR count). The monoisotopic (exact) mass is 339 g/mol. The highest BCUT2D eigenvalue weighted by atomic mass is 35.5. The Morgan fingerprint density at radius 1 is 1.30 bits per heavy atom. The number of rotatable bonds is 6. The first-order valence-electron chi connectivity index (χ1n) is 7.71. The van der Waals surface area contributed by atoms with Crippen molar-refractivity contribution in [2.24, 2.45) is 0 Å². The molecule has 126 valence electrons. The van der Waals surface area contributed by atoms with Crippen LogP contribution in [0.2, 0.25) is 5.02 Å². The Balaban J connectivity index is 1.74. The van der Waals surface area contributed by atoms with Crippen molar-refractivity contribution in [3.05, 3.63) is 34.9 Å². The Labute approximate surface area is 141 Å². The first-order chi connectivity index (χ1) is 11.1. The fraction of sp³-hybridized carbons (Fsp3) is 0.500. The summed E-state index contributed by atoms with van der Waals surface area (Å²) in [7, 11) is 0. The topological polar surface area (TPSA) is 70.7 Å². The van der Waals surface area contributed by atoms with E-state index < -0.39 is 6.04 Å². The Morgan fingerprint density at radius 2 is 2.00 bits per heavy atom. The minimum absolute atomic E-state index is 0.210. The number of benzene rings is 1. The second-order valence-electron chi connectivity index (χ2n) is 5.42. The van der Waals surface area contributed by atoms with Gasteiger partial charge >= 0.3 is 0 Å². The van der Waals surface area contributed by atoms with Crippen LogP contribution in [-0.4, -0.2) is 62.1 Å². The van der Waals surface area contributed by atoms with Crippen molar-refractivity contribution in [1.82, 2.24) is 15.5 Å². The number of morpholine rings is 1. The Kier molecular flexibility index (Phi) is 6.83. The van der Waals surface area contributed by atoms with Crippen LogP contribution in [0.15, 0.2) is 24.3 Å². The lowest BCUT2D eigenvalue weighted by Gasteiger charge is -2.26. The zero-order chi connectivity index (χ0) is 16.7. The fourth-order valence-electron chi connectivity index (χ4n) is 2.30. The van der Waals surface area contributed by atoms with E-state index in [2.05, 4.69) is 15.5 Å². The first-order valence-corrected chi connectivity index (χ1v) is 8.09. The highest BCUT2D eigenvalue weighted by Gasteiger charge is 2.18. The maximum absolute atomic E-state index is 12.1. The number of nitrogens with zero attached hydrogens (tertiary/aromatic N) is 1. The lowest BCUT2D eigenvalue weighted by molar-refractivity contribution is -0.122. The molecule has 0 aliphatic carbocycles. The van der Waals surface area contributed by atoms with Gasteiger partial charge in [-0.25, -0.2) is 0 Å². The number of halogens is 1. The third-order valence-corrected chi connectivity index (χ3v) is 4.02. The Hall–Kier alpha value is -1.63. The molecule has 23 heavy (non-hydrogen) atoms. The van der Waals surface area contributed by atoms with Crippen molar-refractivity contribution >= 4 is 23.4 Å². The van der Waals surface area contributed by atoms with Gasteiger partial charge < -0.3 is 15.4 Å². The molecule has 6 nitrogen and oxygen atoms in total. The van der Waals surface area contributed by atoms with E-state index in [0.717, 1.165) is 32.8 Å². The standard InChI is InChI=1S/C16H22ClN3O3/c1-12(19-16(22)13-4-2-3-5-14(13)17)15(21)18-6-7-20-8-10-23-11-9-20/h2-5,12H,6-11H2,1H3,(H,18,21)(H,19,22). The molecule has 7 heteroatoms. The zero-order valence-electron chi connectivity index (χ0n) is 13.2. The lowest BCUT2D eigenvalue weighted by atomic mass is 10.2. The van der Waals surface area contributed by atoms with Crippen molar-refractivity contribution in [3.63, 3.8) is 0 Å². The summed E-state index contributed by atoms with van der Waals surface area (Å²) in [6, 6.07) is 6.13. The number of amides is 2. The minimum atomic E-state index is -0.622. The van der Waals surface area contributed by atoms with E-state index in [9.17, 15) is 9.59 Å². The van der Waals surface area contributed by atoms with Crippen LogP contribution in [0.4, 0.5) is 0 Å². The van der Waals surface area contributed by atoms with Crippen LogP contribution in [0.5, 0.6) is 0 Å². The summed E-state index contributed by atoms with van der Waals surface area (Å²) in [5.41, 5.74) is 0.363. The summed E-state index contributed by atoms with van der Waals surface area (Å²) in [4.78, 5) is 26.4. The van der Waals surface area contributed by atoms with Crippen LogP contribution >= 0.6 is 11.6 Å². The molecule has 0 saturated carbocycles. The molecule has 1 aromatic rings. The average molecular weight is 340 g/mol. The van der Waals surface area contributed by atoms with E-state index in [4.69, 9.17) is 16.3 Å². The predicted octanol–water partition coefficient (Wildman–Crippen LogP) is 0.907. The zero-order valence-corrected chi connectivity index (χ0v) is 13.9. The van der Waals surface area contributed by atoms with E-state index >= 15 is 0 Å². The fourth-order valence-corrected chi connectivity index (χ4v) is 2.52. The van der Waals surface area contributed by atoms with Crippen LogP contribution in [0.25, 0.3) is 0 Å². The van der Waals surface area contributed by atoms with Crippen molar-refractivity contribution in [2.75, 3.05) is 39.4 Å². The molecule has 1 fully saturated rings. The molecule has 1 aliphatic heterocycles. The van der Waals surface area contributed by atoms with E-state index in [1.54, 1.807) is 31.2 Å². The normalized spacial score (nSPS) is 16.6. The second-order valence-corrected chi connectivity index (χ2v) is 5.83. The van der Waals surface area contributed by atoms with Gasteiger partial charge in [0.25, 0.3) is 5.91 Å². The predicted molar refractivity (Wildman–Crippen MR) is 88.6 cm³/mol. The summed E-state index contributed by atoms with van der Waals surface area (Å²) < 4.78 is 5.27. The number of nitrogens with one attached hydrogen (secondary N) is 2. The van der Waals surface area contributed by atoms with Crippen molar-refractivity contribution < 1.29 is 14.3 Å². The number of hydrogen-bond donors (Lipinski definition) is 2. The van der Waals surface area contributed by atoms with E-state index in [1.165, 1.54) is 0 Å². The molecule has 1 aromatic carbocycles. The van der Waals surface area contributed by atoms with Gasteiger partial charge in [-0.15, -0.1) is 0 Å². The molecular formula is C16H22ClN3O3. The molecule has 1 heterocycles. The smallest absolute Gasteiger partial charge is 0.253 e. The largest absolute Gasteiger partial charge is 0.379 e. The maximum Gasteiger partial charge on any atom is 0.253 e. The van der Waals surface area contributed by atoms with Crippen molar-refractivity contribution in [2.45, 2.75) is 13.0 Å². The van der Waals surface area contributed by atoms with Crippen molar-refractivity contribution in [3.8, 4) is 0 Å². The number of carbonyl (C=O) groups is 2. The highest BCUT2D eigenvalue weighted by molar-refractivity contribution is 6.33. The summed E-state index contributed by atoms with van der Waals surface area (Å²) in [6.45, 7) is 6.21. The molecule has 1 atom stereocenters. The van der Waals surface area contributed by atoms with Crippen LogP contribution in [0, 0.1) is 0 Å². The van der Waals surface area contributed by atoms with Gasteiger partial charge in [0.1, 0.15) is 6.04 Å². The third-order valence-electron chi connectivity index (χ3n) is 3.69. The molecular weight excluding hydrogens is 318 g/mol. The molecule has 0 aromatic heterocycles. The van der Waals surface area contributed by atoms with Crippen molar-refractivity contribution in [1.29, 1.82) is 0 Å². The Morgan fingerprint density at radius 3 is 2.70 bits per heavy atom. The highest BCUT2D eigenvalue weighted by Crippen LogP contribution is 2.14. The van der Waals surface area contributed by atoms with Crippen LogP contribution in [-0.2, 0) is 9.53 Å². The number of carbonyl (C=O) groups excluding carboxylic acids is 2. The van der Waals surface area contributed by atoms with E-state index in [1.807, 2.05) is 0 Å². The molecule has 1 saturated heterocycles. The summed E-state index contributed by atoms with van der Waals surface area (Å²) in [6.07, 6.45) is 0. The molecule has 0 bridgehead atoms. The number of hydrogen-bond acceptors (Lipinski definition) is 4. The summed E-state index contributed by atoms with van der Waals surface area (Å²) in [5, 5.41) is 5.85. The molecule has 0 radical (unpaired) electrons. The number of ether oxygens (including phenoxy) is 1. The summed E-state index contributed by atoms with van der Waals surface area (Å²) in [5.74, 6) is -0.565. The van der Waals surface area contributed by atoms with Crippen LogP contribution < -0.4 is 10.6 Å². The van der Waals surface area contributed by atoms with Gasteiger partial charge in [-0.05, 0) is 19.1 Å². The molecule has 2 N–H and O–H groups in total. The van der Waals surface area contributed by atoms with Gasteiger partial charge in [0.05, 0.1) is 23.8 Å². The van der Waals surface area contributed by atoms with Crippen LogP contribution in [0.1, 0.15) is 17.3 Å². The molecule has 1 aliphatic rings.